The molecular weight excluding hydrogens is 428 g/mol. The van der Waals surface area contributed by atoms with Crippen LogP contribution in [0.3, 0.4) is 0 Å². The molecule has 1 aromatic carbocycles. The van der Waals surface area contributed by atoms with Crippen molar-refractivity contribution in [1.29, 1.82) is 5.26 Å². The molecule has 3 amide bonds. The molecule has 11 nitrogen and oxygen atoms in total. The van der Waals surface area contributed by atoms with E-state index in [1.54, 1.807) is 37.3 Å². The van der Waals surface area contributed by atoms with Gasteiger partial charge in [0.15, 0.2) is 0 Å². The predicted octanol–water partition coefficient (Wildman–Crippen LogP) is 2.17. The lowest BCUT2D eigenvalue weighted by atomic mass is 9.96. The Morgan fingerprint density at radius 2 is 1.85 bits per heavy atom. The molecule has 1 aliphatic rings. The van der Waals surface area contributed by atoms with Gasteiger partial charge in [-0.3, -0.25) is 14.9 Å². The number of hydrogen-bond donors (Lipinski definition) is 3. The van der Waals surface area contributed by atoms with E-state index in [1.807, 2.05) is 6.07 Å². The van der Waals surface area contributed by atoms with Crippen LogP contribution in [0.2, 0.25) is 0 Å². The second-order valence-electron chi connectivity index (χ2n) is 7.54. The quantitative estimate of drug-likeness (QED) is 0.540. The van der Waals surface area contributed by atoms with Gasteiger partial charge in [-0.15, -0.1) is 0 Å². The molecule has 0 radical (unpaired) electrons. The van der Waals surface area contributed by atoms with Gasteiger partial charge in [0.05, 0.1) is 18.7 Å². The first-order valence-corrected chi connectivity index (χ1v) is 10.3. The third-order valence-corrected chi connectivity index (χ3v) is 5.13. The number of nitrogens with zero attached hydrogens (tertiary/aromatic N) is 3. The van der Waals surface area contributed by atoms with Crippen LogP contribution < -0.4 is 20.7 Å². The molecule has 3 N–H and O–H groups in total. The van der Waals surface area contributed by atoms with Crippen LogP contribution in [0.1, 0.15) is 36.9 Å². The number of amides is 3. The van der Waals surface area contributed by atoms with Gasteiger partial charge in [0, 0.05) is 11.8 Å². The van der Waals surface area contributed by atoms with Gasteiger partial charge in [-0.2, -0.15) is 10.2 Å². The third kappa shape index (κ3) is 6.16. The van der Waals surface area contributed by atoms with Gasteiger partial charge in [-0.1, -0.05) is 12.8 Å². The van der Waals surface area contributed by atoms with Gasteiger partial charge >= 0.3 is 12.0 Å². The van der Waals surface area contributed by atoms with Crippen LogP contribution in [0.4, 0.5) is 10.7 Å². The van der Waals surface area contributed by atoms with Crippen LogP contribution in [0.5, 0.6) is 11.6 Å². The van der Waals surface area contributed by atoms with Crippen LogP contribution in [0.15, 0.2) is 30.3 Å². The zero-order valence-corrected chi connectivity index (χ0v) is 18.3. The van der Waals surface area contributed by atoms with Crippen LogP contribution >= 0.6 is 0 Å². The first-order chi connectivity index (χ1) is 15.8. The van der Waals surface area contributed by atoms with Crippen LogP contribution in [0.25, 0.3) is 0 Å². The molecule has 1 heterocycles. The smallest absolute Gasteiger partial charge is 0.325 e. The molecule has 172 valence electrons. The molecule has 1 aliphatic carbocycles. The van der Waals surface area contributed by atoms with Crippen molar-refractivity contribution in [1.82, 2.24) is 20.6 Å². The van der Waals surface area contributed by atoms with E-state index in [2.05, 4.69) is 30.7 Å². The Hall–Kier alpha value is -4.20. The zero-order valence-electron chi connectivity index (χ0n) is 18.3. The van der Waals surface area contributed by atoms with Crippen molar-refractivity contribution in [2.75, 3.05) is 19.0 Å². The second-order valence-corrected chi connectivity index (χ2v) is 7.54. The van der Waals surface area contributed by atoms with Crippen molar-refractivity contribution in [3.63, 3.8) is 0 Å². The first-order valence-electron chi connectivity index (χ1n) is 10.3. The fourth-order valence-electron chi connectivity index (χ4n) is 3.50. The molecule has 0 bridgehead atoms. The SMILES string of the molecule is COC(=O)CNC(=O)C1(NC(=O)Nc2nc(C)cc(Oc3ccc(C#N)cc3)n2)CCCC1. The van der Waals surface area contributed by atoms with Crippen molar-refractivity contribution in [3.05, 3.63) is 41.6 Å². The third-order valence-electron chi connectivity index (χ3n) is 5.13. The van der Waals surface area contributed by atoms with E-state index in [1.165, 1.54) is 7.11 Å². The molecule has 1 fully saturated rings. The number of rotatable bonds is 7. The monoisotopic (exact) mass is 452 g/mol. The topological polar surface area (TPSA) is 155 Å². The predicted molar refractivity (Wildman–Crippen MR) is 116 cm³/mol. The van der Waals surface area contributed by atoms with Crippen LogP contribution in [0, 0.1) is 18.3 Å². The van der Waals surface area contributed by atoms with Gasteiger partial charge in [0.25, 0.3) is 0 Å². The first kappa shape index (κ1) is 23.5. The minimum Gasteiger partial charge on any atom is -0.468 e. The summed E-state index contributed by atoms with van der Waals surface area (Å²) in [5, 5.41) is 16.7. The lowest BCUT2D eigenvalue weighted by Crippen LogP contribution is -2.58. The molecule has 11 heteroatoms. The molecule has 1 saturated carbocycles. The summed E-state index contributed by atoms with van der Waals surface area (Å²) in [6.45, 7) is 1.44. The Bertz CT molecular complexity index is 1070. The fourth-order valence-corrected chi connectivity index (χ4v) is 3.50. The summed E-state index contributed by atoms with van der Waals surface area (Å²) in [6, 6.07) is 9.46. The number of benzene rings is 1. The molecule has 3 rings (SSSR count). The summed E-state index contributed by atoms with van der Waals surface area (Å²) in [7, 11) is 1.23. The van der Waals surface area contributed by atoms with Gasteiger partial charge in [-0.25, -0.2) is 9.78 Å². The largest absolute Gasteiger partial charge is 0.468 e. The standard InChI is InChI=1S/C22H24N6O5/c1-14-11-17(33-16-7-5-15(12-23)6-8-16)26-20(25-14)27-21(31)28-22(9-3-4-10-22)19(30)24-13-18(29)32-2/h5-8,11H,3-4,9-10,13H2,1-2H3,(H,24,30)(H2,25,26,27,28,31). The number of hydrogen-bond acceptors (Lipinski definition) is 8. The van der Waals surface area contributed by atoms with Gasteiger partial charge in [0.2, 0.25) is 17.7 Å². The summed E-state index contributed by atoms with van der Waals surface area (Å²) in [4.78, 5) is 45.1. The molecule has 0 saturated heterocycles. The second kappa shape index (κ2) is 10.4. The summed E-state index contributed by atoms with van der Waals surface area (Å²) in [5.41, 5.74) is -0.0870. The number of esters is 1. The highest BCUT2D eigenvalue weighted by Gasteiger charge is 2.42. The highest BCUT2D eigenvalue weighted by molar-refractivity contribution is 5.96. The fraction of sp³-hybridized carbons (Fsp3) is 0.364. The number of anilines is 1. The molecular formula is C22H24N6O5. The van der Waals surface area contributed by atoms with E-state index in [0.717, 1.165) is 12.8 Å². The average molecular weight is 452 g/mol. The number of carbonyl (C=O) groups is 3. The normalized spacial score (nSPS) is 14.0. The van der Waals surface area contributed by atoms with Gasteiger partial charge < -0.3 is 20.1 Å². The van der Waals surface area contributed by atoms with Crippen molar-refractivity contribution in [2.24, 2.45) is 0 Å². The Balaban J connectivity index is 1.67. The average Bonchev–Trinajstić information content (AvgIpc) is 3.26. The highest BCUT2D eigenvalue weighted by Crippen LogP contribution is 2.30. The Morgan fingerprint density at radius 3 is 2.48 bits per heavy atom. The van der Waals surface area contributed by atoms with Crippen LogP contribution in [-0.4, -0.2) is 47.1 Å². The minimum absolute atomic E-state index is 0.000684. The lowest BCUT2D eigenvalue weighted by Gasteiger charge is -2.28. The number of methoxy groups -OCH3 is 1. The molecule has 0 spiro atoms. The summed E-state index contributed by atoms with van der Waals surface area (Å²) >= 11 is 0. The van der Waals surface area contributed by atoms with Crippen molar-refractivity contribution in [3.8, 4) is 17.7 Å². The number of aromatic nitrogens is 2. The molecule has 2 aromatic rings. The number of carbonyl (C=O) groups excluding carboxylic acids is 3. The molecule has 0 aliphatic heterocycles. The van der Waals surface area contributed by atoms with Crippen molar-refractivity contribution >= 4 is 23.9 Å². The van der Waals surface area contributed by atoms with E-state index >= 15 is 0 Å². The van der Waals surface area contributed by atoms with E-state index in [0.29, 0.717) is 29.8 Å². The zero-order chi connectivity index (χ0) is 23.8. The summed E-state index contributed by atoms with van der Waals surface area (Å²) < 4.78 is 10.2. The van der Waals surface area contributed by atoms with E-state index in [4.69, 9.17) is 10.00 Å². The number of urea groups is 1. The lowest BCUT2D eigenvalue weighted by molar-refractivity contribution is -0.141. The number of ether oxygens (including phenoxy) is 2. The van der Waals surface area contributed by atoms with Crippen molar-refractivity contribution < 1.29 is 23.9 Å². The van der Waals surface area contributed by atoms with E-state index in [-0.39, 0.29) is 18.4 Å². The maximum absolute atomic E-state index is 12.7. The molecule has 33 heavy (non-hydrogen) atoms. The van der Waals surface area contributed by atoms with E-state index in [9.17, 15) is 14.4 Å². The van der Waals surface area contributed by atoms with E-state index < -0.39 is 23.4 Å². The number of nitrogens with one attached hydrogen (secondary N) is 3. The Morgan fingerprint density at radius 1 is 1.15 bits per heavy atom. The minimum atomic E-state index is -1.14. The summed E-state index contributed by atoms with van der Waals surface area (Å²) in [5.74, 6) is -0.359. The van der Waals surface area contributed by atoms with Crippen LogP contribution in [-0.2, 0) is 14.3 Å². The van der Waals surface area contributed by atoms with Gasteiger partial charge in [-0.05, 0) is 44.0 Å². The molecule has 0 unspecified atom stereocenters. The highest BCUT2D eigenvalue weighted by atomic mass is 16.5. The molecule has 0 atom stereocenters. The maximum Gasteiger partial charge on any atom is 0.325 e. The Kier molecular flexibility index (Phi) is 7.40. The maximum atomic E-state index is 12.7. The number of nitriles is 1. The van der Waals surface area contributed by atoms with Crippen molar-refractivity contribution in [2.45, 2.75) is 38.1 Å². The Labute approximate surface area is 190 Å². The molecule has 1 aromatic heterocycles. The number of aryl methyl sites for hydroxylation is 1. The van der Waals surface area contributed by atoms with Gasteiger partial charge in [0.1, 0.15) is 17.8 Å². The summed E-state index contributed by atoms with van der Waals surface area (Å²) in [6.07, 6.45) is 2.40.